The first-order valence-corrected chi connectivity index (χ1v) is 7.69. The highest BCUT2D eigenvalue weighted by Gasteiger charge is 2.36. The molecule has 4 unspecified atom stereocenters. The Kier molecular flexibility index (Phi) is 6.46. The molecule has 0 heterocycles. The maximum Gasteiger partial charge on any atom is -0.0357 e. The van der Waals surface area contributed by atoms with Gasteiger partial charge in [0.15, 0.2) is 0 Å². The maximum atomic E-state index is 2.48. The van der Waals surface area contributed by atoms with Crippen molar-refractivity contribution in [1.29, 1.82) is 0 Å². The van der Waals surface area contributed by atoms with Crippen molar-refractivity contribution in [2.75, 3.05) is 0 Å². The third kappa shape index (κ3) is 4.11. The van der Waals surface area contributed by atoms with Gasteiger partial charge in [-0.2, -0.15) is 0 Å². The van der Waals surface area contributed by atoms with Gasteiger partial charge in [-0.15, -0.1) is 0 Å². The molecule has 0 nitrogen and oxygen atoms in total. The Morgan fingerprint density at radius 2 is 1.88 bits per heavy atom. The summed E-state index contributed by atoms with van der Waals surface area (Å²) in [6.07, 6.45) is 11.6. The third-order valence-electron chi connectivity index (χ3n) is 4.76. The number of unbranched alkanes of at least 4 members (excludes halogenated alkanes) is 3. The van der Waals surface area contributed by atoms with Crippen molar-refractivity contribution in [3.63, 3.8) is 0 Å². The molecule has 0 amide bonds. The Morgan fingerprint density at radius 3 is 2.44 bits per heavy atom. The molecule has 0 bridgehead atoms. The molecule has 96 valence electrons. The van der Waals surface area contributed by atoms with Crippen molar-refractivity contribution in [2.24, 2.45) is 23.7 Å². The lowest BCUT2D eigenvalue weighted by atomic mass is 9.61. The first kappa shape index (κ1) is 14.1. The second-order valence-electron chi connectivity index (χ2n) is 6.24. The molecule has 0 radical (unpaired) electrons. The topological polar surface area (TPSA) is 0 Å². The summed E-state index contributed by atoms with van der Waals surface area (Å²) in [5, 5.41) is 0. The molecule has 1 aliphatic rings. The molecule has 0 saturated heterocycles. The zero-order valence-corrected chi connectivity index (χ0v) is 12.0. The van der Waals surface area contributed by atoms with E-state index < -0.39 is 0 Å². The van der Waals surface area contributed by atoms with Crippen molar-refractivity contribution in [2.45, 2.75) is 79.1 Å². The van der Waals surface area contributed by atoms with Gasteiger partial charge in [0.25, 0.3) is 0 Å². The van der Waals surface area contributed by atoms with Crippen LogP contribution in [-0.4, -0.2) is 0 Å². The highest BCUT2D eigenvalue weighted by molar-refractivity contribution is 4.86. The van der Waals surface area contributed by atoms with Gasteiger partial charge in [-0.05, 0) is 36.5 Å². The van der Waals surface area contributed by atoms with E-state index in [0.717, 1.165) is 23.7 Å². The van der Waals surface area contributed by atoms with Crippen LogP contribution in [0.4, 0.5) is 0 Å². The molecule has 1 rings (SSSR count). The van der Waals surface area contributed by atoms with Gasteiger partial charge >= 0.3 is 0 Å². The average molecular weight is 224 g/mol. The van der Waals surface area contributed by atoms with E-state index in [1.807, 2.05) is 0 Å². The summed E-state index contributed by atoms with van der Waals surface area (Å²) in [6.45, 7) is 9.60. The minimum atomic E-state index is 0.971. The Labute approximate surface area is 103 Å². The Hall–Kier alpha value is 0. The van der Waals surface area contributed by atoms with E-state index >= 15 is 0 Å². The van der Waals surface area contributed by atoms with Gasteiger partial charge in [-0.25, -0.2) is 0 Å². The summed E-state index contributed by atoms with van der Waals surface area (Å²) >= 11 is 0. The van der Waals surface area contributed by atoms with Crippen molar-refractivity contribution >= 4 is 0 Å². The van der Waals surface area contributed by atoms with Crippen LogP contribution >= 0.6 is 0 Å². The van der Waals surface area contributed by atoms with Crippen LogP contribution in [0.5, 0.6) is 0 Å². The van der Waals surface area contributed by atoms with Crippen LogP contribution in [0.1, 0.15) is 79.1 Å². The normalized spacial score (nSPS) is 31.1. The molecule has 0 aromatic rings. The van der Waals surface area contributed by atoms with Crippen LogP contribution in [0.3, 0.4) is 0 Å². The van der Waals surface area contributed by atoms with Gasteiger partial charge in [-0.1, -0.05) is 66.2 Å². The van der Waals surface area contributed by atoms with Crippen LogP contribution in [0.2, 0.25) is 0 Å². The van der Waals surface area contributed by atoms with E-state index in [1.165, 1.54) is 51.4 Å². The van der Waals surface area contributed by atoms with Crippen molar-refractivity contribution < 1.29 is 0 Å². The summed E-state index contributed by atoms with van der Waals surface area (Å²) in [7, 11) is 0. The first-order valence-electron chi connectivity index (χ1n) is 7.69. The average Bonchev–Trinajstić information content (AvgIpc) is 2.28. The fraction of sp³-hybridized carbons (Fsp3) is 1.00. The summed E-state index contributed by atoms with van der Waals surface area (Å²) in [6, 6.07) is 0. The zero-order chi connectivity index (χ0) is 12.0. The van der Waals surface area contributed by atoms with E-state index in [0.29, 0.717) is 0 Å². The van der Waals surface area contributed by atoms with Gasteiger partial charge < -0.3 is 0 Å². The summed E-state index contributed by atoms with van der Waals surface area (Å²) in [4.78, 5) is 0. The molecular formula is C16H32. The highest BCUT2D eigenvalue weighted by atomic mass is 14.4. The van der Waals surface area contributed by atoms with E-state index in [4.69, 9.17) is 0 Å². The van der Waals surface area contributed by atoms with Gasteiger partial charge in [0.1, 0.15) is 0 Å². The molecule has 0 heteroatoms. The summed E-state index contributed by atoms with van der Waals surface area (Å²) < 4.78 is 0. The molecule has 1 fully saturated rings. The Bertz CT molecular complexity index is 173. The van der Waals surface area contributed by atoms with Crippen LogP contribution in [0.25, 0.3) is 0 Å². The van der Waals surface area contributed by atoms with E-state index in [-0.39, 0.29) is 0 Å². The van der Waals surface area contributed by atoms with Gasteiger partial charge in [0.05, 0.1) is 0 Å². The summed E-state index contributed by atoms with van der Waals surface area (Å²) in [5.74, 6) is 4.11. The summed E-state index contributed by atoms with van der Waals surface area (Å²) in [5.41, 5.74) is 0. The molecule has 1 saturated carbocycles. The molecule has 0 aliphatic heterocycles. The van der Waals surface area contributed by atoms with Gasteiger partial charge in [-0.3, -0.25) is 0 Å². The molecule has 0 spiro atoms. The lowest BCUT2D eigenvalue weighted by Gasteiger charge is -2.44. The molecule has 16 heavy (non-hydrogen) atoms. The number of hydrogen-bond acceptors (Lipinski definition) is 0. The Morgan fingerprint density at radius 1 is 1.12 bits per heavy atom. The second kappa shape index (κ2) is 7.35. The first-order chi connectivity index (χ1) is 7.69. The fourth-order valence-electron chi connectivity index (χ4n) is 3.49. The van der Waals surface area contributed by atoms with Crippen molar-refractivity contribution in [3.8, 4) is 0 Å². The molecule has 4 atom stereocenters. The predicted octanol–water partition coefficient (Wildman–Crippen LogP) is 5.67. The van der Waals surface area contributed by atoms with Crippen LogP contribution in [0, 0.1) is 23.7 Å². The van der Waals surface area contributed by atoms with Crippen LogP contribution in [-0.2, 0) is 0 Å². The molecular weight excluding hydrogens is 192 g/mol. The molecule has 0 aromatic heterocycles. The predicted molar refractivity (Wildman–Crippen MR) is 73.6 cm³/mol. The van der Waals surface area contributed by atoms with Gasteiger partial charge in [0, 0.05) is 0 Å². The SMILES string of the molecule is CCCCCCC(C)CC1C(C)CC1CC. The largest absolute Gasteiger partial charge is 0.0654 e. The highest BCUT2D eigenvalue weighted by Crippen LogP contribution is 2.45. The molecule has 1 aliphatic carbocycles. The number of rotatable bonds is 8. The lowest BCUT2D eigenvalue weighted by Crippen LogP contribution is -2.35. The van der Waals surface area contributed by atoms with Crippen molar-refractivity contribution in [3.05, 3.63) is 0 Å². The lowest BCUT2D eigenvalue weighted by molar-refractivity contribution is 0.0586. The van der Waals surface area contributed by atoms with Crippen LogP contribution in [0.15, 0.2) is 0 Å². The molecule has 0 N–H and O–H groups in total. The maximum absolute atomic E-state index is 2.48. The van der Waals surface area contributed by atoms with E-state index in [2.05, 4.69) is 27.7 Å². The standard InChI is InChI=1S/C16H32/c1-5-7-8-9-10-13(3)11-16-14(4)12-15(16)6-2/h13-16H,5-12H2,1-4H3. The van der Waals surface area contributed by atoms with Gasteiger partial charge in [0.2, 0.25) is 0 Å². The minimum Gasteiger partial charge on any atom is -0.0654 e. The smallest absolute Gasteiger partial charge is 0.0357 e. The van der Waals surface area contributed by atoms with E-state index in [9.17, 15) is 0 Å². The van der Waals surface area contributed by atoms with Crippen molar-refractivity contribution in [1.82, 2.24) is 0 Å². The zero-order valence-electron chi connectivity index (χ0n) is 12.0. The molecule has 0 aromatic carbocycles. The van der Waals surface area contributed by atoms with E-state index in [1.54, 1.807) is 0 Å². The Balaban J connectivity index is 2.10. The quantitative estimate of drug-likeness (QED) is 0.466. The number of hydrogen-bond donors (Lipinski definition) is 0. The monoisotopic (exact) mass is 224 g/mol. The fourth-order valence-corrected chi connectivity index (χ4v) is 3.49. The third-order valence-corrected chi connectivity index (χ3v) is 4.76. The second-order valence-corrected chi connectivity index (χ2v) is 6.24. The van der Waals surface area contributed by atoms with Crippen LogP contribution < -0.4 is 0 Å². The minimum absolute atomic E-state index is 0.971.